The van der Waals surface area contributed by atoms with Crippen molar-refractivity contribution in [3.63, 3.8) is 0 Å². The van der Waals surface area contributed by atoms with Gasteiger partial charge < -0.3 is 10.1 Å². The zero-order valence-electron chi connectivity index (χ0n) is 13.3. The van der Waals surface area contributed by atoms with E-state index in [0.717, 1.165) is 0 Å². The maximum Gasteiger partial charge on any atom is 0.260 e. The highest BCUT2D eigenvalue weighted by atomic mass is 16.5. The second-order valence-corrected chi connectivity index (χ2v) is 5.45. The van der Waals surface area contributed by atoms with Gasteiger partial charge in [0.1, 0.15) is 5.75 Å². The maximum absolute atomic E-state index is 12.1. The third-order valence-corrected chi connectivity index (χ3v) is 3.62. The van der Waals surface area contributed by atoms with Crippen molar-refractivity contribution in [1.82, 2.24) is 5.32 Å². The topological polar surface area (TPSA) is 62.1 Å². The van der Waals surface area contributed by atoms with Crippen LogP contribution in [0.2, 0.25) is 0 Å². The minimum absolute atomic E-state index is 0.155. The molecule has 4 heteroatoms. The number of hydrogen-bond acceptors (Lipinski definition) is 3. The molecule has 2 rings (SSSR count). The van der Waals surface area contributed by atoms with E-state index in [9.17, 15) is 4.79 Å². The molecule has 2 atom stereocenters. The molecule has 0 saturated heterocycles. The Hall–Kier alpha value is -2.80. The quantitative estimate of drug-likeness (QED) is 0.891. The first-order valence-electron chi connectivity index (χ1n) is 7.59. The van der Waals surface area contributed by atoms with Gasteiger partial charge in [-0.05, 0) is 42.7 Å². The molecule has 0 aliphatic carbocycles. The number of amides is 1. The van der Waals surface area contributed by atoms with Crippen molar-refractivity contribution in [2.45, 2.75) is 25.9 Å². The first-order valence-corrected chi connectivity index (χ1v) is 7.59. The first-order chi connectivity index (χ1) is 11.1. The number of nitrogens with zero attached hydrogens (tertiary/aromatic N) is 1. The molecule has 0 fully saturated rings. The molecule has 118 valence electrons. The van der Waals surface area contributed by atoms with Crippen LogP contribution >= 0.6 is 0 Å². The number of ether oxygens (including phenoxy) is 1. The van der Waals surface area contributed by atoms with Crippen molar-refractivity contribution in [3.8, 4) is 11.8 Å². The predicted molar refractivity (Wildman–Crippen MR) is 89.1 cm³/mol. The molecule has 1 amide bonds. The van der Waals surface area contributed by atoms with Crippen molar-refractivity contribution in [2.75, 3.05) is 6.54 Å². The Morgan fingerprint density at radius 3 is 2.39 bits per heavy atom. The van der Waals surface area contributed by atoms with E-state index in [4.69, 9.17) is 10.00 Å². The summed E-state index contributed by atoms with van der Waals surface area (Å²) in [6, 6.07) is 18.8. The van der Waals surface area contributed by atoms with Gasteiger partial charge >= 0.3 is 0 Å². The van der Waals surface area contributed by atoms with Crippen molar-refractivity contribution in [1.29, 1.82) is 5.26 Å². The van der Waals surface area contributed by atoms with Gasteiger partial charge in [0.15, 0.2) is 6.10 Å². The summed E-state index contributed by atoms with van der Waals surface area (Å²) >= 11 is 0. The smallest absolute Gasteiger partial charge is 0.260 e. The van der Waals surface area contributed by atoms with Gasteiger partial charge in [0.05, 0.1) is 11.6 Å². The van der Waals surface area contributed by atoms with Crippen molar-refractivity contribution in [2.24, 2.45) is 0 Å². The molecule has 0 radical (unpaired) electrons. The molecule has 0 saturated carbocycles. The van der Waals surface area contributed by atoms with Gasteiger partial charge in [-0.15, -0.1) is 0 Å². The number of rotatable bonds is 6. The normalized spacial score (nSPS) is 12.7. The number of carbonyl (C=O) groups excluding carboxylic acids is 1. The average Bonchev–Trinajstić information content (AvgIpc) is 2.60. The molecule has 0 unspecified atom stereocenters. The van der Waals surface area contributed by atoms with Gasteiger partial charge in [0.25, 0.3) is 5.91 Å². The molecule has 4 nitrogen and oxygen atoms in total. The van der Waals surface area contributed by atoms with Gasteiger partial charge in [0.2, 0.25) is 0 Å². The fourth-order valence-electron chi connectivity index (χ4n) is 2.16. The highest BCUT2D eigenvalue weighted by molar-refractivity contribution is 5.80. The summed E-state index contributed by atoms with van der Waals surface area (Å²) in [7, 11) is 0. The van der Waals surface area contributed by atoms with Crippen LogP contribution in [0.15, 0.2) is 54.6 Å². The Balaban J connectivity index is 1.84. The Labute approximate surface area is 136 Å². The maximum atomic E-state index is 12.1. The summed E-state index contributed by atoms with van der Waals surface area (Å²) in [5.74, 6) is 0.655. The molecule has 0 heterocycles. The minimum Gasteiger partial charge on any atom is -0.481 e. The summed E-state index contributed by atoms with van der Waals surface area (Å²) in [5, 5.41) is 11.7. The molecule has 1 N–H and O–H groups in total. The van der Waals surface area contributed by atoms with Crippen LogP contribution in [0.25, 0.3) is 0 Å². The van der Waals surface area contributed by atoms with E-state index in [0.29, 0.717) is 17.9 Å². The molecule has 23 heavy (non-hydrogen) atoms. The molecule has 0 aliphatic heterocycles. The number of benzene rings is 2. The van der Waals surface area contributed by atoms with Gasteiger partial charge in [-0.25, -0.2) is 0 Å². The largest absolute Gasteiger partial charge is 0.481 e. The van der Waals surface area contributed by atoms with Crippen LogP contribution in [-0.4, -0.2) is 18.6 Å². The first kappa shape index (κ1) is 16.6. The zero-order valence-corrected chi connectivity index (χ0v) is 13.3. The zero-order chi connectivity index (χ0) is 16.7. The van der Waals surface area contributed by atoms with Crippen LogP contribution in [0.3, 0.4) is 0 Å². The molecule has 0 bridgehead atoms. The molecule has 0 aromatic heterocycles. The summed E-state index contributed by atoms with van der Waals surface area (Å²) in [5.41, 5.74) is 1.75. The third-order valence-electron chi connectivity index (χ3n) is 3.62. The molecular weight excluding hydrogens is 288 g/mol. The average molecular weight is 308 g/mol. The Bertz CT molecular complexity index is 675. The number of hydrogen-bond donors (Lipinski definition) is 1. The Kier molecular flexibility index (Phi) is 5.76. The number of carbonyl (C=O) groups is 1. The lowest BCUT2D eigenvalue weighted by Crippen LogP contribution is -2.38. The lowest BCUT2D eigenvalue weighted by atomic mass is 10.0. The predicted octanol–water partition coefficient (Wildman–Crippen LogP) is 3.25. The van der Waals surface area contributed by atoms with E-state index in [2.05, 4.69) is 12.2 Å². The monoisotopic (exact) mass is 308 g/mol. The standard InChI is InChI=1S/C19H20N2O2/c1-14(17-6-4-3-5-7-17)13-21-19(22)15(2)23-18-10-8-16(12-20)9-11-18/h3-11,14-15H,13H2,1-2H3,(H,21,22)/t14-,15-/m0/s1. The molecule has 2 aromatic carbocycles. The summed E-state index contributed by atoms with van der Waals surface area (Å²) < 4.78 is 5.59. The Morgan fingerprint density at radius 2 is 1.78 bits per heavy atom. The van der Waals surface area contributed by atoms with Gasteiger partial charge in [-0.1, -0.05) is 37.3 Å². The van der Waals surface area contributed by atoms with Gasteiger partial charge in [0, 0.05) is 6.54 Å². The van der Waals surface area contributed by atoms with E-state index in [-0.39, 0.29) is 11.8 Å². The molecule has 0 aliphatic rings. The van der Waals surface area contributed by atoms with Crippen molar-refractivity contribution >= 4 is 5.91 Å². The van der Waals surface area contributed by atoms with Crippen LogP contribution in [0, 0.1) is 11.3 Å². The van der Waals surface area contributed by atoms with E-state index in [1.807, 2.05) is 36.4 Å². The van der Waals surface area contributed by atoms with Crippen LogP contribution < -0.4 is 10.1 Å². The SMILES string of the molecule is C[C@H](Oc1ccc(C#N)cc1)C(=O)NC[C@H](C)c1ccccc1. The second kappa shape index (κ2) is 8.00. The van der Waals surface area contributed by atoms with Gasteiger partial charge in [-0.3, -0.25) is 4.79 Å². The molecule has 0 spiro atoms. The van der Waals surface area contributed by atoms with Crippen molar-refractivity contribution < 1.29 is 9.53 Å². The van der Waals surface area contributed by atoms with Crippen LogP contribution in [-0.2, 0) is 4.79 Å². The summed E-state index contributed by atoms with van der Waals surface area (Å²) in [4.78, 5) is 12.1. The van der Waals surface area contributed by atoms with Crippen LogP contribution in [0.4, 0.5) is 0 Å². The molecule has 2 aromatic rings. The van der Waals surface area contributed by atoms with E-state index in [1.165, 1.54) is 5.56 Å². The van der Waals surface area contributed by atoms with E-state index < -0.39 is 6.10 Å². The highest BCUT2D eigenvalue weighted by Crippen LogP contribution is 2.15. The lowest BCUT2D eigenvalue weighted by Gasteiger charge is -2.17. The third kappa shape index (κ3) is 4.86. The number of nitriles is 1. The minimum atomic E-state index is -0.592. The van der Waals surface area contributed by atoms with E-state index >= 15 is 0 Å². The van der Waals surface area contributed by atoms with E-state index in [1.54, 1.807) is 31.2 Å². The summed E-state index contributed by atoms with van der Waals surface area (Å²) in [6.07, 6.45) is -0.592. The van der Waals surface area contributed by atoms with Crippen LogP contribution in [0.1, 0.15) is 30.9 Å². The fourth-order valence-corrected chi connectivity index (χ4v) is 2.16. The highest BCUT2D eigenvalue weighted by Gasteiger charge is 2.15. The Morgan fingerprint density at radius 1 is 1.13 bits per heavy atom. The van der Waals surface area contributed by atoms with Crippen LogP contribution in [0.5, 0.6) is 5.75 Å². The lowest BCUT2D eigenvalue weighted by molar-refractivity contribution is -0.127. The number of nitrogens with one attached hydrogen (secondary N) is 1. The van der Waals surface area contributed by atoms with Crippen molar-refractivity contribution in [3.05, 3.63) is 65.7 Å². The summed E-state index contributed by atoms with van der Waals surface area (Å²) in [6.45, 7) is 4.34. The second-order valence-electron chi connectivity index (χ2n) is 5.45. The van der Waals surface area contributed by atoms with Gasteiger partial charge in [-0.2, -0.15) is 5.26 Å². The fraction of sp³-hybridized carbons (Fsp3) is 0.263. The molecular formula is C19H20N2O2.